The number of hydrogen-bond donors (Lipinski definition) is 1. The van der Waals surface area contributed by atoms with Crippen LogP contribution < -0.4 is 4.74 Å². The van der Waals surface area contributed by atoms with Crippen molar-refractivity contribution in [1.82, 2.24) is 4.90 Å². The molecule has 4 nitrogen and oxygen atoms in total. The lowest BCUT2D eigenvalue weighted by atomic mass is 9.92. The number of ether oxygens (including phenoxy) is 1. The van der Waals surface area contributed by atoms with Crippen LogP contribution in [-0.2, 0) is 17.8 Å². The van der Waals surface area contributed by atoms with Gasteiger partial charge in [0.15, 0.2) is 0 Å². The molecular weight excluding hydrogens is 314 g/mol. The van der Waals surface area contributed by atoms with Crippen molar-refractivity contribution in [3.63, 3.8) is 0 Å². The zero-order valence-electron chi connectivity index (χ0n) is 25.1. The Balaban J connectivity index is 2.26. The Morgan fingerprint density at radius 2 is 2.24 bits per heavy atom. The molecule has 0 saturated heterocycles. The van der Waals surface area contributed by atoms with Gasteiger partial charge in [-0.25, -0.2) is 0 Å². The number of hydrogen-bond acceptors (Lipinski definition) is 3. The third-order valence-electron chi connectivity index (χ3n) is 3.63. The minimum absolute atomic E-state index is 0.00658. The summed E-state index contributed by atoms with van der Waals surface area (Å²) in [4.78, 5) is 11.9. The van der Waals surface area contributed by atoms with E-state index in [1.54, 1.807) is 0 Å². The molecule has 0 spiro atoms. The summed E-state index contributed by atoms with van der Waals surface area (Å²) in [6.07, 6.45) is -1.61. The fourth-order valence-electron chi connectivity index (χ4n) is 2.58. The van der Waals surface area contributed by atoms with Gasteiger partial charge in [-0.15, -0.1) is 0 Å². The summed E-state index contributed by atoms with van der Waals surface area (Å²) < 4.78 is 99.8. The van der Waals surface area contributed by atoms with E-state index in [-0.39, 0.29) is 52.6 Å². The maximum atomic E-state index is 11.5. The zero-order valence-corrected chi connectivity index (χ0v) is 13.1. The van der Waals surface area contributed by atoms with Crippen LogP contribution in [0.4, 0.5) is 0 Å². The number of benzene rings is 2. The highest BCUT2D eigenvalue weighted by Crippen LogP contribution is 2.37. The van der Waals surface area contributed by atoms with E-state index in [4.69, 9.17) is 21.2 Å². The van der Waals surface area contributed by atoms with Gasteiger partial charge < -0.3 is 14.7 Å². The standard InChI is InChI=1S/C21H23NO3/c1-22(2)11-5-8-18-17-7-4-3-6-16(17)14-25-20-10-9-15(12-19(18)20)13-21(23)24/h3-4,6-10,12H,5,11,13-14H2,1-2H3,(H,23,24)/b18-8+/i1D3,2D3,3D,4D,6D,7D,13D2. The first-order chi connectivity index (χ1) is 16.9. The van der Waals surface area contributed by atoms with E-state index in [1.165, 1.54) is 24.3 Å². The first kappa shape index (κ1) is 7.75. The molecule has 0 fully saturated rings. The number of nitrogens with zero attached hydrogens (tertiary/aromatic N) is 1. The Hall–Kier alpha value is -2.59. The second-order valence-electron chi connectivity index (χ2n) is 5.34. The van der Waals surface area contributed by atoms with Gasteiger partial charge in [0.1, 0.15) is 12.4 Å². The van der Waals surface area contributed by atoms with Crippen molar-refractivity contribution in [2.75, 3.05) is 20.5 Å². The Labute approximate surface area is 165 Å². The van der Waals surface area contributed by atoms with Crippen LogP contribution in [0.3, 0.4) is 0 Å². The van der Waals surface area contributed by atoms with Crippen LogP contribution in [0.5, 0.6) is 5.75 Å². The minimum atomic E-state index is -2.94. The first-order valence-electron chi connectivity index (χ1n) is 13.5. The monoisotopic (exact) mass is 349 g/mol. The molecule has 4 heteroatoms. The van der Waals surface area contributed by atoms with Crippen LogP contribution in [0.25, 0.3) is 5.57 Å². The average molecular weight is 349 g/mol. The fraction of sp³-hybridized carbons (Fsp3) is 0.286. The molecule has 1 heterocycles. The molecule has 1 aliphatic rings. The lowest BCUT2D eigenvalue weighted by Crippen LogP contribution is -2.12. The second-order valence-corrected chi connectivity index (χ2v) is 5.34. The molecule has 2 aromatic rings. The summed E-state index contributed by atoms with van der Waals surface area (Å²) in [6.45, 7) is -6.64. The van der Waals surface area contributed by atoms with Crippen molar-refractivity contribution in [3.05, 3.63) is 70.7 Å². The number of aliphatic carboxylic acids is 1. The Morgan fingerprint density at radius 1 is 1.40 bits per heavy atom. The highest BCUT2D eigenvalue weighted by Gasteiger charge is 2.19. The van der Waals surface area contributed by atoms with Crippen LogP contribution in [0.15, 0.2) is 48.4 Å². The van der Waals surface area contributed by atoms with Gasteiger partial charge in [0.05, 0.1) is 11.9 Å². The highest BCUT2D eigenvalue weighted by molar-refractivity contribution is 5.85. The van der Waals surface area contributed by atoms with Crippen LogP contribution in [-0.4, -0.2) is 36.5 Å². The number of rotatable bonds is 5. The van der Waals surface area contributed by atoms with Crippen LogP contribution in [0.1, 0.15) is 45.1 Å². The van der Waals surface area contributed by atoms with Gasteiger partial charge in [0, 0.05) is 23.1 Å². The molecule has 0 radical (unpaired) electrons. The molecule has 3 rings (SSSR count). The third kappa shape index (κ3) is 4.09. The van der Waals surface area contributed by atoms with Crippen LogP contribution >= 0.6 is 0 Å². The van der Waals surface area contributed by atoms with Crippen molar-refractivity contribution >= 4 is 11.5 Å². The van der Waals surface area contributed by atoms with E-state index in [1.807, 2.05) is 0 Å². The normalized spacial score (nSPS) is 23.2. The molecule has 0 saturated carbocycles. The van der Waals surface area contributed by atoms with E-state index in [0.717, 1.165) is 0 Å². The Morgan fingerprint density at radius 3 is 3.04 bits per heavy atom. The SMILES string of the molecule is [2H]c1c([2H])c([2H])c2c(c1[2H])COc1ccc(C([2H])([2H])C(=O)O)cc1/C2=C/CCN(C([2H])([2H])[2H])C([2H])([2H])[2H]. The number of fused-ring (bicyclic) bond motifs is 2. The van der Waals surface area contributed by atoms with E-state index in [9.17, 15) is 9.90 Å². The number of carboxylic acid groups (broad SMARTS) is 1. The maximum Gasteiger partial charge on any atom is 0.307 e. The molecular formula is C21H23NO3. The van der Waals surface area contributed by atoms with Crippen molar-refractivity contribution in [1.29, 1.82) is 0 Å². The minimum Gasteiger partial charge on any atom is -0.488 e. The van der Waals surface area contributed by atoms with Crippen molar-refractivity contribution in [3.8, 4) is 5.75 Å². The summed E-state index contributed by atoms with van der Waals surface area (Å²) in [6, 6.07) is 1.85. The van der Waals surface area contributed by atoms with Gasteiger partial charge in [-0.05, 0) is 54.8 Å². The quantitative estimate of drug-likeness (QED) is 0.896. The lowest BCUT2D eigenvalue weighted by Gasteiger charge is -2.13. The predicted molar refractivity (Wildman–Crippen MR) is 98.8 cm³/mol. The molecule has 0 aromatic heterocycles. The second kappa shape index (κ2) is 7.53. The van der Waals surface area contributed by atoms with E-state index < -0.39 is 51.0 Å². The van der Waals surface area contributed by atoms with Gasteiger partial charge in [0.2, 0.25) is 0 Å². The Bertz CT molecular complexity index is 1250. The first-order valence-corrected chi connectivity index (χ1v) is 7.47. The molecule has 0 atom stereocenters. The molecule has 0 amide bonds. The van der Waals surface area contributed by atoms with Crippen LogP contribution in [0, 0.1) is 0 Å². The molecule has 1 aliphatic heterocycles. The van der Waals surface area contributed by atoms with E-state index in [2.05, 4.69) is 0 Å². The summed E-state index contributed by atoms with van der Waals surface area (Å²) in [5, 5.41) is 9.35. The smallest absolute Gasteiger partial charge is 0.307 e. The molecule has 1 N–H and O–H groups in total. The van der Waals surface area contributed by atoms with Crippen molar-refractivity contribution in [2.45, 2.75) is 19.4 Å². The predicted octanol–water partition coefficient (Wildman–Crippen LogP) is 3.59. The van der Waals surface area contributed by atoms with Gasteiger partial charge in [-0.2, -0.15) is 0 Å². The Kier molecular flexibility index (Phi) is 2.33. The topological polar surface area (TPSA) is 49.8 Å². The zero-order chi connectivity index (χ0) is 28.1. The molecule has 0 aliphatic carbocycles. The van der Waals surface area contributed by atoms with Gasteiger partial charge in [-0.3, -0.25) is 4.79 Å². The highest BCUT2D eigenvalue weighted by atomic mass is 16.5. The van der Waals surface area contributed by atoms with Gasteiger partial charge in [-0.1, -0.05) is 36.3 Å². The largest absolute Gasteiger partial charge is 0.488 e. The maximum absolute atomic E-state index is 11.5. The fourth-order valence-corrected chi connectivity index (χ4v) is 2.58. The van der Waals surface area contributed by atoms with E-state index >= 15 is 0 Å². The third-order valence-corrected chi connectivity index (χ3v) is 3.63. The molecule has 130 valence electrons. The van der Waals surface area contributed by atoms with Crippen molar-refractivity contribution in [2.24, 2.45) is 0 Å². The summed E-state index contributed by atoms with van der Waals surface area (Å²) in [5.41, 5.74) is 0.0466. The summed E-state index contributed by atoms with van der Waals surface area (Å²) in [5.74, 6) is -1.62. The number of carboxylic acids is 1. The summed E-state index contributed by atoms with van der Waals surface area (Å²) >= 11 is 0. The molecule has 0 bridgehead atoms. The molecule has 2 aromatic carbocycles. The van der Waals surface area contributed by atoms with Crippen LogP contribution in [0.2, 0.25) is 0 Å². The molecule has 0 unspecified atom stereocenters. The molecule has 25 heavy (non-hydrogen) atoms. The van der Waals surface area contributed by atoms with Gasteiger partial charge in [0.25, 0.3) is 0 Å². The lowest BCUT2D eigenvalue weighted by molar-refractivity contribution is -0.136. The summed E-state index contributed by atoms with van der Waals surface area (Å²) in [7, 11) is 0. The number of carbonyl (C=O) groups is 1. The average Bonchev–Trinajstić information content (AvgIpc) is 2.94. The van der Waals surface area contributed by atoms with Gasteiger partial charge >= 0.3 is 5.97 Å². The van der Waals surface area contributed by atoms with E-state index in [0.29, 0.717) is 4.90 Å². The van der Waals surface area contributed by atoms with Crippen molar-refractivity contribution < 1.29 is 31.1 Å².